The summed E-state index contributed by atoms with van der Waals surface area (Å²) in [7, 11) is 1.66. The third-order valence-electron chi connectivity index (χ3n) is 4.42. The van der Waals surface area contributed by atoms with Crippen LogP contribution < -0.4 is 10.1 Å². The van der Waals surface area contributed by atoms with Crippen molar-refractivity contribution in [2.24, 2.45) is 0 Å². The number of hydrogen-bond acceptors (Lipinski definition) is 4. The van der Waals surface area contributed by atoms with E-state index in [0.717, 1.165) is 49.4 Å². The Kier molecular flexibility index (Phi) is 5.36. The zero-order valence-corrected chi connectivity index (χ0v) is 14.0. The maximum Gasteiger partial charge on any atom is 0.222 e. The Morgan fingerprint density at radius 2 is 2.25 bits per heavy atom. The van der Waals surface area contributed by atoms with Crippen LogP contribution in [0.25, 0.3) is 0 Å². The van der Waals surface area contributed by atoms with Gasteiger partial charge in [-0.1, -0.05) is 0 Å². The fourth-order valence-corrected chi connectivity index (χ4v) is 3.07. The SMILES string of the molecule is COc1ccc(NC2CCCN(C(=O)CCc3cn[nH]c3)C2)cc1. The lowest BCUT2D eigenvalue weighted by Crippen LogP contribution is -2.45. The van der Waals surface area contributed by atoms with Crippen molar-refractivity contribution in [3.8, 4) is 5.75 Å². The van der Waals surface area contributed by atoms with E-state index in [9.17, 15) is 4.79 Å². The first-order chi connectivity index (χ1) is 11.7. The molecule has 1 fully saturated rings. The van der Waals surface area contributed by atoms with E-state index in [4.69, 9.17) is 4.74 Å². The van der Waals surface area contributed by atoms with E-state index in [1.165, 1.54) is 0 Å². The molecule has 0 saturated carbocycles. The molecular formula is C18H24N4O2. The summed E-state index contributed by atoms with van der Waals surface area (Å²) in [6.45, 7) is 1.61. The Balaban J connectivity index is 1.50. The van der Waals surface area contributed by atoms with Crippen LogP contribution in [0.3, 0.4) is 0 Å². The van der Waals surface area contributed by atoms with Crippen molar-refractivity contribution in [2.45, 2.75) is 31.7 Å². The summed E-state index contributed by atoms with van der Waals surface area (Å²) in [4.78, 5) is 14.4. The standard InChI is InChI=1S/C18H24N4O2/c1-24-17-7-5-15(6-8-17)21-16-3-2-10-22(13-16)18(23)9-4-14-11-19-20-12-14/h5-8,11-12,16,21H,2-4,9-10,13H2,1H3,(H,19,20). The van der Waals surface area contributed by atoms with Crippen molar-refractivity contribution < 1.29 is 9.53 Å². The first-order valence-electron chi connectivity index (χ1n) is 8.40. The number of carbonyl (C=O) groups is 1. The number of amides is 1. The molecule has 128 valence electrons. The van der Waals surface area contributed by atoms with Gasteiger partial charge in [-0.15, -0.1) is 0 Å². The molecule has 2 N–H and O–H groups in total. The summed E-state index contributed by atoms with van der Waals surface area (Å²) in [5.74, 6) is 1.07. The van der Waals surface area contributed by atoms with E-state index < -0.39 is 0 Å². The van der Waals surface area contributed by atoms with Gasteiger partial charge >= 0.3 is 0 Å². The van der Waals surface area contributed by atoms with Gasteiger partial charge in [0.15, 0.2) is 0 Å². The third-order valence-corrected chi connectivity index (χ3v) is 4.42. The molecule has 0 bridgehead atoms. The van der Waals surface area contributed by atoms with Crippen LogP contribution in [-0.4, -0.2) is 47.2 Å². The number of H-pyrrole nitrogens is 1. The fourth-order valence-electron chi connectivity index (χ4n) is 3.07. The van der Waals surface area contributed by atoms with Crippen molar-refractivity contribution in [1.29, 1.82) is 0 Å². The number of hydrogen-bond donors (Lipinski definition) is 2. The summed E-state index contributed by atoms with van der Waals surface area (Å²) in [6, 6.07) is 8.21. The number of aromatic amines is 1. The molecule has 1 aromatic heterocycles. The smallest absolute Gasteiger partial charge is 0.222 e. The molecule has 1 aromatic carbocycles. The number of aromatic nitrogens is 2. The van der Waals surface area contributed by atoms with Crippen LogP contribution in [0.2, 0.25) is 0 Å². The number of nitrogens with zero attached hydrogens (tertiary/aromatic N) is 2. The van der Waals surface area contributed by atoms with E-state index in [2.05, 4.69) is 15.5 Å². The average Bonchev–Trinajstić information content (AvgIpc) is 3.14. The molecule has 6 nitrogen and oxygen atoms in total. The van der Waals surface area contributed by atoms with Crippen molar-refractivity contribution >= 4 is 11.6 Å². The maximum absolute atomic E-state index is 12.4. The van der Waals surface area contributed by atoms with Gasteiger partial charge in [-0.3, -0.25) is 9.89 Å². The molecule has 0 radical (unpaired) electrons. The first-order valence-corrected chi connectivity index (χ1v) is 8.40. The summed E-state index contributed by atoms with van der Waals surface area (Å²) in [5.41, 5.74) is 2.14. The van der Waals surface area contributed by atoms with Gasteiger partial charge in [0.1, 0.15) is 5.75 Å². The van der Waals surface area contributed by atoms with Crippen LogP contribution in [0.4, 0.5) is 5.69 Å². The van der Waals surface area contributed by atoms with Gasteiger partial charge in [0.2, 0.25) is 5.91 Å². The average molecular weight is 328 g/mol. The first kappa shape index (κ1) is 16.4. The van der Waals surface area contributed by atoms with Gasteiger partial charge < -0.3 is 15.0 Å². The second-order valence-electron chi connectivity index (χ2n) is 6.16. The highest BCUT2D eigenvalue weighted by molar-refractivity contribution is 5.76. The number of anilines is 1. The molecular weight excluding hydrogens is 304 g/mol. The van der Waals surface area contributed by atoms with Crippen LogP contribution in [0.15, 0.2) is 36.7 Å². The minimum atomic E-state index is 0.220. The predicted octanol–water partition coefficient (Wildman–Crippen LogP) is 2.45. The summed E-state index contributed by atoms with van der Waals surface area (Å²) < 4.78 is 5.18. The largest absolute Gasteiger partial charge is 0.497 e. The molecule has 0 aliphatic carbocycles. The van der Waals surface area contributed by atoms with Crippen molar-refractivity contribution in [3.05, 3.63) is 42.2 Å². The Hall–Kier alpha value is -2.50. The number of ether oxygens (including phenoxy) is 1. The molecule has 1 atom stereocenters. The number of likely N-dealkylation sites (tertiary alicyclic amines) is 1. The van der Waals surface area contributed by atoms with Crippen LogP contribution >= 0.6 is 0 Å². The molecule has 0 spiro atoms. The number of aryl methyl sites for hydroxylation is 1. The Bertz CT molecular complexity index is 640. The van der Waals surface area contributed by atoms with Crippen molar-refractivity contribution in [1.82, 2.24) is 15.1 Å². The predicted molar refractivity (Wildman–Crippen MR) is 93.1 cm³/mol. The highest BCUT2D eigenvalue weighted by Gasteiger charge is 2.23. The second kappa shape index (κ2) is 7.86. The lowest BCUT2D eigenvalue weighted by atomic mass is 10.0. The molecule has 1 aliphatic heterocycles. The summed E-state index contributed by atoms with van der Waals surface area (Å²) in [5, 5.41) is 10.2. The monoisotopic (exact) mass is 328 g/mol. The van der Waals surface area contributed by atoms with Gasteiger partial charge in [0, 0.05) is 37.4 Å². The number of carbonyl (C=O) groups excluding carboxylic acids is 1. The summed E-state index contributed by atoms with van der Waals surface area (Å²) >= 11 is 0. The van der Waals surface area contributed by atoms with Crippen LogP contribution in [0, 0.1) is 0 Å². The molecule has 1 aliphatic rings. The van der Waals surface area contributed by atoms with Crippen LogP contribution in [0.1, 0.15) is 24.8 Å². The van der Waals surface area contributed by atoms with Gasteiger partial charge in [0.25, 0.3) is 0 Å². The highest BCUT2D eigenvalue weighted by atomic mass is 16.5. The lowest BCUT2D eigenvalue weighted by Gasteiger charge is -2.34. The molecule has 3 rings (SSSR count). The zero-order chi connectivity index (χ0) is 16.8. The number of piperidine rings is 1. The van der Waals surface area contributed by atoms with Crippen molar-refractivity contribution in [2.75, 3.05) is 25.5 Å². The Morgan fingerprint density at radius 1 is 1.42 bits per heavy atom. The maximum atomic E-state index is 12.4. The Labute approximate surface area is 142 Å². The zero-order valence-electron chi connectivity index (χ0n) is 14.0. The lowest BCUT2D eigenvalue weighted by molar-refractivity contribution is -0.132. The van der Waals surface area contributed by atoms with Crippen LogP contribution in [0.5, 0.6) is 5.75 Å². The van der Waals surface area contributed by atoms with E-state index >= 15 is 0 Å². The van der Waals surface area contributed by atoms with Crippen molar-refractivity contribution in [3.63, 3.8) is 0 Å². The topological polar surface area (TPSA) is 70.2 Å². The highest BCUT2D eigenvalue weighted by Crippen LogP contribution is 2.19. The molecule has 2 heterocycles. The van der Waals surface area contributed by atoms with E-state index in [0.29, 0.717) is 12.5 Å². The second-order valence-corrected chi connectivity index (χ2v) is 6.16. The third kappa shape index (κ3) is 4.28. The Morgan fingerprint density at radius 3 is 2.96 bits per heavy atom. The number of rotatable bonds is 6. The van der Waals surface area contributed by atoms with Gasteiger partial charge in [-0.25, -0.2) is 0 Å². The van der Waals surface area contributed by atoms with E-state index in [1.807, 2.05) is 35.4 Å². The van der Waals surface area contributed by atoms with Crippen LogP contribution in [-0.2, 0) is 11.2 Å². The number of benzene rings is 1. The minimum absolute atomic E-state index is 0.220. The van der Waals surface area contributed by atoms with E-state index in [1.54, 1.807) is 13.3 Å². The molecule has 2 aromatic rings. The molecule has 1 saturated heterocycles. The minimum Gasteiger partial charge on any atom is -0.497 e. The quantitative estimate of drug-likeness (QED) is 0.854. The fraction of sp³-hybridized carbons (Fsp3) is 0.444. The van der Waals surface area contributed by atoms with Gasteiger partial charge in [-0.05, 0) is 49.1 Å². The van der Waals surface area contributed by atoms with Gasteiger partial charge in [-0.2, -0.15) is 5.10 Å². The molecule has 1 unspecified atom stereocenters. The number of methoxy groups -OCH3 is 1. The molecule has 6 heteroatoms. The normalized spacial score (nSPS) is 17.5. The number of nitrogens with one attached hydrogen (secondary N) is 2. The van der Waals surface area contributed by atoms with Gasteiger partial charge in [0.05, 0.1) is 13.3 Å². The van der Waals surface area contributed by atoms with E-state index in [-0.39, 0.29) is 5.91 Å². The molecule has 1 amide bonds. The summed E-state index contributed by atoms with van der Waals surface area (Å²) in [6.07, 6.45) is 7.01. The molecule has 24 heavy (non-hydrogen) atoms.